The molecule has 1 heterocycles. The molecular weight excluding hydrogens is 342 g/mol. The number of aromatic nitrogens is 1. The van der Waals surface area contributed by atoms with Gasteiger partial charge in [-0.3, -0.25) is 20.4 Å². The van der Waals surface area contributed by atoms with E-state index in [1.54, 1.807) is 49.5 Å². The summed E-state index contributed by atoms with van der Waals surface area (Å²) in [6.45, 7) is 4.05. The van der Waals surface area contributed by atoms with Gasteiger partial charge in [-0.2, -0.15) is 0 Å². The van der Waals surface area contributed by atoms with E-state index in [1.807, 2.05) is 6.92 Å². The fourth-order valence-electron chi connectivity index (χ4n) is 1.93. The summed E-state index contributed by atoms with van der Waals surface area (Å²) in [5.74, 6) is 0.234. The molecule has 25 heavy (non-hydrogen) atoms. The second-order valence-corrected chi connectivity index (χ2v) is 5.43. The number of rotatable bonds is 6. The number of hydrogen-bond donors (Lipinski definition) is 3. The highest BCUT2D eigenvalue weighted by molar-refractivity contribution is 7.71. The molecule has 0 spiro atoms. The third kappa shape index (κ3) is 5.32. The van der Waals surface area contributed by atoms with Gasteiger partial charge in [-0.1, -0.05) is 12.2 Å². The summed E-state index contributed by atoms with van der Waals surface area (Å²) < 4.78 is 11.1. The van der Waals surface area contributed by atoms with Gasteiger partial charge in [0, 0.05) is 6.20 Å². The summed E-state index contributed by atoms with van der Waals surface area (Å²) >= 11 is 5.01. The highest BCUT2D eigenvalue weighted by atomic mass is 32.1. The average molecular weight is 361 g/mol. The number of hydrogen-bond acceptors (Lipinski definition) is 5. The first-order chi connectivity index (χ1) is 12.0. The SMILES string of the molecule is CCOc1ccc(OC(C)C(=O)NNC(=O)c2ccc[nH]c2=S)cc1. The molecule has 0 saturated heterocycles. The molecule has 1 unspecified atom stereocenters. The second-order valence-electron chi connectivity index (χ2n) is 5.02. The maximum atomic E-state index is 12.0. The molecule has 0 fully saturated rings. The predicted octanol–water partition coefficient (Wildman–Crippen LogP) is 2.37. The number of aromatic amines is 1. The topological polar surface area (TPSA) is 92.4 Å². The number of carbonyl (C=O) groups is 2. The Balaban J connectivity index is 1.86. The third-order valence-electron chi connectivity index (χ3n) is 3.18. The molecule has 0 bridgehead atoms. The number of benzene rings is 1. The van der Waals surface area contributed by atoms with Crippen LogP contribution in [0.15, 0.2) is 42.6 Å². The van der Waals surface area contributed by atoms with E-state index in [4.69, 9.17) is 21.7 Å². The Bertz CT molecular complexity index is 789. The van der Waals surface area contributed by atoms with E-state index >= 15 is 0 Å². The molecule has 1 aromatic carbocycles. The molecule has 0 aliphatic rings. The Morgan fingerprint density at radius 3 is 2.48 bits per heavy atom. The Morgan fingerprint density at radius 2 is 1.84 bits per heavy atom. The molecule has 2 rings (SSSR count). The zero-order valence-corrected chi connectivity index (χ0v) is 14.7. The first-order valence-electron chi connectivity index (χ1n) is 7.68. The molecule has 7 nitrogen and oxygen atoms in total. The van der Waals surface area contributed by atoms with Crippen molar-refractivity contribution < 1.29 is 19.1 Å². The number of pyridine rings is 1. The van der Waals surface area contributed by atoms with Crippen LogP contribution in [0, 0.1) is 4.64 Å². The summed E-state index contributed by atoms with van der Waals surface area (Å²) in [5.41, 5.74) is 4.88. The van der Waals surface area contributed by atoms with E-state index in [0.717, 1.165) is 5.75 Å². The van der Waals surface area contributed by atoms with Crippen molar-refractivity contribution in [1.82, 2.24) is 15.8 Å². The van der Waals surface area contributed by atoms with Gasteiger partial charge >= 0.3 is 0 Å². The van der Waals surface area contributed by atoms with Gasteiger partial charge in [-0.25, -0.2) is 0 Å². The molecule has 0 aliphatic heterocycles. The van der Waals surface area contributed by atoms with Crippen LogP contribution in [0.1, 0.15) is 24.2 Å². The van der Waals surface area contributed by atoms with Crippen LogP contribution in [0.5, 0.6) is 11.5 Å². The van der Waals surface area contributed by atoms with E-state index in [0.29, 0.717) is 12.4 Å². The van der Waals surface area contributed by atoms with Crippen LogP contribution in [0.2, 0.25) is 0 Å². The molecule has 0 aliphatic carbocycles. The maximum Gasteiger partial charge on any atom is 0.279 e. The maximum absolute atomic E-state index is 12.0. The Morgan fingerprint density at radius 1 is 1.16 bits per heavy atom. The second kappa shape index (κ2) is 8.84. The minimum atomic E-state index is -0.802. The summed E-state index contributed by atoms with van der Waals surface area (Å²) in [5, 5.41) is 0. The highest BCUT2D eigenvalue weighted by Gasteiger charge is 2.16. The quantitative estimate of drug-likeness (QED) is 0.543. The molecule has 2 amide bonds. The van der Waals surface area contributed by atoms with Crippen LogP contribution in [-0.2, 0) is 4.79 Å². The fraction of sp³-hybridized carbons (Fsp3) is 0.235. The lowest BCUT2D eigenvalue weighted by Gasteiger charge is -2.15. The Hall–Kier alpha value is -2.87. The van der Waals surface area contributed by atoms with Crippen LogP contribution in [-0.4, -0.2) is 29.5 Å². The zero-order valence-electron chi connectivity index (χ0n) is 13.9. The van der Waals surface area contributed by atoms with E-state index in [-0.39, 0.29) is 10.2 Å². The molecule has 3 N–H and O–H groups in total. The van der Waals surface area contributed by atoms with E-state index in [1.165, 1.54) is 0 Å². The van der Waals surface area contributed by atoms with Crippen LogP contribution in [0.4, 0.5) is 0 Å². The minimum Gasteiger partial charge on any atom is -0.494 e. The number of amides is 2. The Kier molecular flexibility index (Phi) is 6.53. The van der Waals surface area contributed by atoms with Crippen molar-refractivity contribution >= 4 is 24.0 Å². The van der Waals surface area contributed by atoms with E-state index in [9.17, 15) is 9.59 Å². The van der Waals surface area contributed by atoms with Crippen molar-refractivity contribution in [3.05, 3.63) is 52.8 Å². The first kappa shape index (κ1) is 18.5. The average Bonchev–Trinajstić information content (AvgIpc) is 2.61. The molecule has 1 aromatic heterocycles. The molecule has 0 saturated carbocycles. The van der Waals surface area contributed by atoms with Gasteiger partial charge in [0.05, 0.1) is 12.2 Å². The smallest absolute Gasteiger partial charge is 0.279 e. The van der Waals surface area contributed by atoms with Crippen LogP contribution in [0.3, 0.4) is 0 Å². The van der Waals surface area contributed by atoms with Crippen molar-refractivity contribution in [2.24, 2.45) is 0 Å². The summed E-state index contributed by atoms with van der Waals surface area (Å²) in [7, 11) is 0. The lowest BCUT2D eigenvalue weighted by molar-refractivity contribution is -0.128. The van der Waals surface area contributed by atoms with Crippen LogP contribution < -0.4 is 20.3 Å². The van der Waals surface area contributed by atoms with Gasteiger partial charge < -0.3 is 14.5 Å². The van der Waals surface area contributed by atoms with Gasteiger partial charge in [0.25, 0.3) is 11.8 Å². The zero-order chi connectivity index (χ0) is 18.2. The predicted molar refractivity (Wildman–Crippen MR) is 94.9 cm³/mol. The van der Waals surface area contributed by atoms with E-state index < -0.39 is 17.9 Å². The van der Waals surface area contributed by atoms with Gasteiger partial charge in [-0.15, -0.1) is 0 Å². The molecular formula is C17H19N3O4S. The molecule has 0 radical (unpaired) electrons. The van der Waals surface area contributed by atoms with Crippen molar-refractivity contribution in [2.45, 2.75) is 20.0 Å². The first-order valence-corrected chi connectivity index (χ1v) is 8.09. The summed E-state index contributed by atoms with van der Waals surface area (Å²) in [6.07, 6.45) is 0.813. The van der Waals surface area contributed by atoms with Crippen molar-refractivity contribution in [3.63, 3.8) is 0 Å². The third-order valence-corrected chi connectivity index (χ3v) is 3.52. The van der Waals surface area contributed by atoms with Crippen LogP contribution in [0.25, 0.3) is 0 Å². The molecule has 2 aromatic rings. The highest BCUT2D eigenvalue weighted by Crippen LogP contribution is 2.18. The number of nitrogens with one attached hydrogen (secondary N) is 3. The lowest BCUT2D eigenvalue weighted by atomic mass is 10.3. The number of H-pyrrole nitrogens is 1. The van der Waals surface area contributed by atoms with Gasteiger partial charge in [-0.05, 0) is 50.2 Å². The standard InChI is InChI=1S/C17H19N3O4S/c1-3-23-12-6-8-13(9-7-12)24-11(2)15(21)19-20-16(22)14-5-4-10-18-17(14)25/h4-11H,3H2,1-2H3,(H,18,25)(H,19,21)(H,20,22). The number of carbonyl (C=O) groups excluding carboxylic acids is 2. The minimum absolute atomic E-state index is 0.262. The molecule has 132 valence electrons. The van der Waals surface area contributed by atoms with E-state index in [2.05, 4.69) is 15.8 Å². The van der Waals surface area contributed by atoms with Gasteiger partial charge in [0.2, 0.25) is 0 Å². The Labute approximate surface area is 150 Å². The normalized spacial score (nSPS) is 11.3. The molecule has 8 heteroatoms. The molecule has 1 atom stereocenters. The number of hydrazine groups is 1. The van der Waals surface area contributed by atoms with Gasteiger partial charge in [0.15, 0.2) is 6.10 Å². The summed E-state index contributed by atoms with van der Waals surface area (Å²) in [4.78, 5) is 26.8. The largest absolute Gasteiger partial charge is 0.494 e. The van der Waals surface area contributed by atoms with Crippen molar-refractivity contribution in [1.29, 1.82) is 0 Å². The monoisotopic (exact) mass is 361 g/mol. The number of ether oxygens (including phenoxy) is 2. The lowest BCUT2D eigenvalue weighted by Crippen LogP contribution is -2.47. The summed E-state index contributed by atoms with van der Waals surface area (Å²) in [6, 6.07) is 10.1. The fourth-order valence-corrected chi connectivity index (χ4v) is 2.16. The van der Waals surface area contributed by atoms with Gasteiger partial charge in [0.1, 0.15) is 16.1 Å². The van der Waals surface area contributed by atoms with Crippen LogP contribution >= 0.6 is 12.2 Å². The van der Waals surface area contributed by atoms with Crippen molar-refractivity contribution in [2.75, 3.05) is 6.61 Å². The van der Waals surface area contributed by atoms with Crippen molar-refractivity contribution in [3.8, 4) is 11.5 Å².